The van der Waals surface area contributed by atoms with Crippen LogP contribution in [0.3, 0.4) is 0 Å². The molecule has 1 aliphatic rings. The summed E-state index contributed by atoms with van der Waals surface area (Å²) in [4.78, 5) is 7.78. The van der Waals surface area contributed by atoms with Gasteiger partial charge in [0.25, 0.3) is 0 Å². The average molecular weight is 151 g/mol. The van der Waals surface area contributed by atoms with Crippen LogP contribution in [0.4, 0.5) is 0 Å². The monoisotopic (exact) mass is 151 g/mol. The molecule has 1 aromatic rings. The molecule has 0 spiro atoms. The van der Waals surface area contributed by atoms with Gasteiger partial charge in [0.05, 0.1) is 11.4 Å². The van der Waals surface area contributed by atoms with E-state index in [2.05, 4.69) is 22.2 Å². The van der Waals surface area contributed by atoms with Gasteiger partial charge in [-0.3, -0.25) is 0 Å². The number of rotatable bonds is 1. The van der Waals surface area contributed by atoms with E-state index < -0.39 is 0 Å². The van der Waals surface area contributed by atoms with Crippen LogP contribution in [0.2, 0.25) is 0 Å². The van der Waals surface area contributed by atoms with Crippen molar-refractivity contribution >= 4 is 0 Å². The number of hydrogen-bond donors (Lipinski definition) is 2. The predicted octanol–water partition coefficient (Wildman–Crippen LogP) is 0.618. The van der Waals surface area contributed by atoms with Crippen molar-refractivity contribution in [2.24, 2.45) is 0 Å². The summed E-state index contributed by atoms with van der Waals surface area (Å²) in [5.41, 5.74) is 2.55. The van der Waals surface area contributed by atoms with Crippen molar-refractivity contribution < 1.29 is 0 Å². The van der Waals surface area contributed by atoms with Gasteiger partial charge in [-0.25, -0.2) is 4.98 Å². The summed E-state index contributed by atoms with van der Waals surface area (Å²) >= 11 is 0. The second kappa shape index (κ2) is 2.66. The van der Waals surface area contributed by atoms with E-state index in [9.17, 15) is 0 Å². The van der Waals surface area contributed by atoms with Crippen LogP contribution < -0.4 is 5.32 Å². The molecule has 0 saturated carbocycles. The molecular weight excluding hydrogens is 138 g/mol. The van der Waals surface area contributed by atoms with Gasteiger partial charge in [0.2, 0.25) is 0 Å². The van der Waals surface area contributed by atoms with Crippen molar-refractivity contribution in [2.75, 3.05) is 6.54 Å². The first-order chi connectivity index (χ1) is 5.40. The van der Waals surface area contributed by atoms with Crippen LogP contribution in [0.5, 0.6) is 0 Å². The van der Waals surface area contributed by atoms with Crippen LogP contribution >= 0.6 is 0 Å². The zero-order valence-corrected chi connectivity index (χ0v) is 6.78. The van der Waals surface area contributed by atoms with E-state index in [0.717, 1.165) is 31.8 Å². The molecule has 3 heteroatoms. The minimum absolute atomic E-state index is 0.961. The number of fused-ring (bicyclic) bond motifs is 1. The quantitative estimate of drug-likeness (QED) is 0.617. The SMILES string of the molecule is CCc1nc2c([nH]1)CNCC2. The molecule has 0 unspecified atom stereocenters. The Kier molecular flexibility index (Phi) is 1.66. The summed E-state index contributed by atoms with van der Waals surface area (Å²) in [5.74, 6) is 1.12. The standard InChI is InChI=1S/C8H13N3/c1-2-8-10-6-3-4-9-5-7(6)11-8/h9H,2-5H2,1H3,(H,10,11). The number of nitrogens with one attached hydrogen (secondary N) is 2. The van der Waals surface area contributed by atoms with Gasteiger partial charge in [0.15, 0.2) is 0 Å². The van der Waals surface area contributed by atoms with Crippen molar-refractivity contribution in [2.45, 2.75) is 26.3 Å². The van der Waals surface area contributed by atoms with E-state index in [-0.39, 0.29) is 0 Å². The molecule has 0 aliphatic carbocycles. The lowest BCUT2D eigenvalue weighted by atomic mass is 10.2. The molecule has 0 aromatic carbocycles. The highest BCUT2D eigenvalue weighted by Crippen LogP contribution is 2.10. The lowest BCUT2D eigenvalue weighted by Gasteiger charge is -2.09. The number of nitrogens with zero attached hydrogens (tertiary/aromatic N) is 1. The number of aromatic nitrogens is 2. The van der Waals surface area contributed by atoms with E-state index >= 15 is 0 Å². The van der Waals surface area contributed by atoms with Crippen molar-refractivity contribution in [3.8, 4) is 0 Å². The van der Waals surface area contributed by atoms with E-state index in [1.54, 1.807) is 0 Å². The Bertz CT molecular complexity index is 228. The number of aryl methyl sites for hydroxylation is 1. The first-order valence-corrected chi connectivity index (χ1v) is 4.17. The van der Waals surface area contributed by atoms with Gasteiger partial charge in [0, 0.05) is 25.9 Å². The molecule has 0 atom stereocenters. The van der Waals surface area contributed by atoms with Crippen LogP contribution in [0.1, 0.15) is 24.1 Å². The first-order valence-electron chi connectivity index (χ1n) is 4.17. The Morgan fingerprint density at radius 3 is 3.18 bits per heavy atom. The molecule has 1 aliphatic heterocycles. The third kappa shape index (κ3) is 1.16. The van der Waals surface area contributed by atoms with Gasteiger partial charge in [-0.05, 0) is 0 Å². The maximum absolute atomic E-state index is 4.47. The van der Waals surface area contributed by atoms with E-state index in [4.69, 9.17) is 0 Å². The molecule has 2 heterocycles. The molecule has 2 rings (SSSR count). The fraction of sp³-hybridized carbons (Fsp3) is 0.625. The zero-order valence-electron chi connectivity index (χ0n) is 6.78. The highest BCUT2D eigenvalue weighted by molar-refractivity contribution is 5.17. The van der Waals surface area contributed by atoms with E-state index in [1.807, 2.05) is 0 Å². The summed E-state index contributed by atoms with van der Waals surface area (Å²) in [5, 5.41) is 3.31. The molecule has 2 N–H and O–H groups in total. The Labute approximate surface area is 66.2 Å². The summed E-state index contributed by atoms with van der Waals surface area (Å²) < 4.78 is 0. The van der Waals surface area contributed by atoms with Crippen LogP contribution in [-0.2, 0) is 19.4 Å². The zero-order chi connectivity index (χ0) is 7.68. The third-order valence-electron chi connectivity index (χ3n) is 2.09. The molecular formula is C8H13N3. The van der Waals surface area contributed by atoms with Crippen molar-refractivity contribution in [3.05, 3.63) is 17.2 Å². The normalized spacial score (nSPS) is 16.5. The molecule has 0 bridgehead atoms. The average Bonchev–Trinajstić information content (AvgIpc) is 2.46. The number of aromatic amines is 1. The second-order valence-corrected chi connectivity index (χ2v) is 2.89. The lowest BCUT2D eigenvalue weighted by Crippen LogP contribution is -2.23. The molecule has 3 nitrogen and oxygen atoms in total. The lowest BCUT2D eigenvalue weighted by molar-refractivity contribution is 0.627. The second-order valence-electron chi connectivity index (χ2n) is 2.89. The summed E-state index contributed by atoms with van der Waals surface area (Å²) in [6.07, 6.45) is 2.08. The minimum Gasteiger partial charge on any atom is -0.345 e. The predicted molar refractivity (Wildman–Crippen MR) is 43.4 cm³/mol. The van der Waals surface area contributed by atoms with E-state index in [0.29, 0.717) is 0 Å². The Hall–Kier alpha value is -0.830. The number of hydrogen-bond acceptors (Lipinski definition) is 2. The maximum atomic E-state index is 4.47. The largest absolute Gasteiger partial charge is 0.345 e. The minimum atomic E-state index is 0.961. The molecule has 60 valence electrons. The Balaban J connectivity index is 2.32. The van der Waals surface area contributed by atoms with Gasteiger partial charge in [-0.2, -0.15) is 0 Å². The van der Waals surface area contributed by atoms with Crippen LogP contribution in [0.15, 0.2) is 0 Å². The summed E-state index contributed by atoms with van der Waals surface area (Å²) in [7, 11) is 0. The van der Waals surface area contributed by atoms with Crippen molar-refractivity contribution in [3.63, 3.8) is 0 Å². The Morgan fingerprint density at radius 1 is 1.55 bits per heavy atom. The molecule has 0 radical (unpaired) electrons. The number of H-pyrrole nitrogens is 1. The smallest absolute Gasteiger partial charge is 0.106 e. The summed E-state index contributed by atoms with van der Waals surface area (Å²) in [6, 6.07) is 0. The van der Waals surface area contributed by atoms with Crippen molar-refractivity contribution in [1.82, 2.24) is 15.3 Å². The molecule has 0 amide bonds. The van der Waals surface area contributed by atoms with Crippen molar-refractivity contribution in [1.29, 1.82) is 0 Å². The maximum Gasteiger partial charge on any atom is 0.106 e. The van der Waals surface area contributed by atoms with Gasteiger partial charge >= 0.3 is 0 Å². The van der Waals surface area contributed by atoms with E-state index in [1.165, 1.54) is 11.4 Å². The topological polar surface area (TPSA) is 40.7 Å². The molecule has 0 fully saturated rings. The third-order valence-corrected chi connectivity index (χ3v) is 2.09. The Morgan fingerprint density at radius 2 is 2.45 bits per heavy atom. The highest BCUT2D eigenvalue weighted by atomic mass is 15.0. The number of imidazole rings is 1. The van der Waals surface area contributed by atoms with Crippen LogP contribution in [0, 0.1) is 0 Å². The fourth-order valence-electron chi connectivity index (χ4n) is 1.45. The molecule has 11 heavy (non-hydrogen) atoms. The fourth-order valence-corrected chi connectivity index (χ4v) is 1.45. The van der Waals surface area contributed by atoms with Gasteiger partial charge < -0.3 is 10.3 Å². The van der Waals surface area contributed by atoms with Gasteiger partial charge in [-0.15, -0.1) is 0 Å². The first kappa shape index (κ1) is 6.85. The molecule has 0 saturated heterocycles. The molecule has 1 aromatic heterocycles. The van der Waals surface area contributed by atoms with Crippen LogP contribution in [-0.4, -0.2) is 16.5 Å². The summed E-state index contributed by atoms with van der Waals surface area (Å²) in [6.45, 7) is 4.15. The highest BCUT2D eigenvalue weighted by Gasteiger charge is 2.12. The van der Waals surface area contributed by atoms with Gasteiger partial charge in [0.1, 0.15) is 5.82 Å². The van der Waals surface area contributed by atoms with Crippen LogP contribution in [0.25, 0.3) is 0 Å². The van der Waals surface area contributed by atoms with Gasteiger partial charge in [-0.1, -0.05) is 6.92 Å².